The molecule has 2 saturated carbocycles. The Labute approximate surface area is 156 Å². The monoisotopic (exact) mass is 354 g/mol. The summed E-state index contributed by atoms with van der Waals surface area (Å²) in [5.74, 6) is 2.30. The molecule has 0 amide bonds. The zero-order valence-electron chi connectivity index (χ0n) is 16.1. The maximum Gasteiger partial charge on any atom is 0.306 e. The van der Waals surface area contributed by atoms with E-state index in [2.05, 4.69) is 25.1 Å². The molecule has 0 radical (unpaired) electrons. The summed E-state index contributed by atoms with van der Waals surface area (Å²) in [6.45, 7) is 4.53. The van der Waals surface area contributed by atoms with Crippen LogP contribution in [0.3, 0.4) is 0 Å². The van der Waals surface area contributed by atoms with E-state index in [-0.39, 0.29) is 11.4 Å². The highest BCUT2D eigenvalue weighted by Gasteiger charge is 2.54. The highest BCUT2D eigenvalue weighted by molar-refractivity contribution is 5.87. The van der Waals surface area contributed by atoms with Crippen LogP contribution in [-0.2, 0) is 27.2 Å². The standard InChI is InChI=1S/C23H30O3/c1-3-26-22(25)11-5-15-4-7-17-16(14-15)6-8-19-18(17)12-13-23(2)20(19)9-10-21(23)24/h4,7,14,18-20H,3,5-6,8-13H2,1-2H3. The smallest absolute Gasteiger partial charge is 0.306 e. The second-order valence-corrected chi connectivity index (χ2v) is 8.67. The summed E-state index contributed by atoms with van der Waals surface area (Å²) in [6.07, 6.45) is 7.65. The van der Waals surface area contributed by atoms with Gasteiger partial charge < -0.3 is 4.74 Å². The molecule has 0 aromatic heterocycles. The number of aryl methyl sites for hydroxylation is 2. The quantitative estimate of drug-likeness (QED) is 0.742. The second kappa shape index (κ2) is 6.83. The average molecular weight is 354 g/mol. The van der Waals surface area contributed by atoms with Crippen LogP contribution in [0.5, 0.6) is 0 Å². The molecule has 4 unspecified atom stereocenters. The van der Waals surface area contributed by atoms with Crippen molar-refractivity contribution in [3.63, 3.8) is 0 Å². The fourth-order valence-electron chi connectivity index (χ4n) is 6.04. The van der Waals surface area contributed by atoms with Gasteiger partial charge in [-0.25, -0.2) is 0 Å². The Bertz CT molecular complexity index is 722. The van der Waals surface area contributed by atoms with E-state index in [0.717, 1.165) is 38.5 Å². The molecule has 4 rings (SSSR count). The molecule has 1 aromatic carbocycles. The van der Waals surface area contributed by atoms with Gasteiger partial charge in [0.25, 0.3) is 0 Å². The summed E-state index contributed by atoms with van der Waals surface area (Å²) in [4.78, 5) is 24.0. The number of ether oxygens (including phenoxy) is 1. The van der Waals surface area contributed by atoms with Crippen molar-refractivity contribution in [2.24, 2.45) is 17.3 Å². The normalized spacial score (nSPS) is 32.5. The molecular weight excluding hydrogens is 324 g/mol. The van der Waals surface area contributed by atoms with Crippen LogP contribution < -0.4 is 0 Å². The number of ketones is 1. The van der Waals surface area contributed by atoms with E-state index in [1.165, 1.54) is 23.1 Å². The molecule has 0 N–H and O–H groups in total. The molecule has 3 nitrogen and oxygen atoms in total. The van der Waals surface area contributed by atoms with E-state index >= 15 is 0 Å². The molecule has 1 aromatic rings. The van der Waals surface area contributed by atoms with Crippen molar-refractivity contribution in [2.45, 2.75) is 71.1 Å². The predicted molar refractivity (Wildman–Crippen MR) is 101 cm³/mol. The minimum atomic E-state index is -0.109. The van der Waals surface area contributed by atoms with Crippen molar-refractivity contribution in [3.8, 4) is 0 Å². The lowest BCUT2D eigenvalue weighted by Gasteiger charge is -2.48. The number of fused-ring (bicyclic) bond motifs is 5. The molecule has 2 fully saturated rings. The third-order valence-electron chi connectivity index (χ3n) is 7.42. The average Bonchev–Trinajstić information content (AvgIpc) is 2.95. The first-order chi connectivity index (χ1) is 12.5. The molecule has 3 heteroatoms. The Morgan fingerprint density at radius 1 is 1.23 bits per heavy atom. The van der Waals surface area contributed by atoms with Crippen LogP contribution in [0.25, 0.3) is 0 Å². The fourth-order valence-corrected chi connectivity index (χ4v) is 6.04. The molecule has 26 heavy (non-hydrogen) atoms. The molecule has 0 bridgehead atoms. The van der Waals surface area contributed by atoms with Gasteiger partial charge in [-0.15, -0.1) is 0 Å². The Morgan fingerprint density at radius 2 is 2.08 bits per heavy atom. The number of hydrogen-bond donors (Lipinski definition) is 0. The van der Waals surface area contributed by atoms with E-state index < -0.39 is 0 Å². The number of benzene rings is 1. The lowest BCUT2D eigenvalue weighted by Crippen LogP contribution is -2.42. The molecule has 4 atom stereocenters. The third kappa shape index (κ3) is 2.90. The predicted octanol–water partition coefficient (Wildman–Crippen LogP) is 4.61. The van der Waals surface area contributed by atoms with Gasteiger partial charge >= 0.3 is 5.97 Å². The number of Topliss-reactive ketones (excluding diaryl/α,β-unsaturated/α-hetero) is 1. The van der Waals surface area contributed by atoms with Crippen LogP contribution >= 0.6 is 0 Å². The van der Waals surface area contributed by atoms with Crippen molar-refractivity contribution in [3.05, 3.63) is 34.9 Å². The molecular formula is C23H30O3. The number of hydrogen-bond acceptors (Lipinski definition) is 3. The van der Waals surface area contributed by atoms with Crippen LogP contribution in [0, 0.1) is 17.3 Å². The van der Waals surface area contributed by atoms with Gasteiger partial charge in [-0.3, -0.25) is 9.59 Å². The molecule has 140 valence electrons. The molecule has 0 heterocycles. The summed E-state index contributed by atoms with van der Waals surface area (Å²) in [5.41, 5.74) is 4.19. The highest BCUT2D eigenvalue weighted by atomic mass is 16.5. The van der Waals surface area contributed by atoms with Gasteiger partial charge in [0.05, 0.1) is 6.61 Å². The first-order valence-corrected chi connectivity index (χ1v) is 10.3. The van der Waals surface area contributed by atoms with Gasteiger partial charge in [0, 0.05) is 18.3 Å². The van der Waals surface area contributed by atoms with Gasteiger partial charge in [-0.1, -0.05) is 25.1 Å². The number of carbonyl (C=O) groups is 2. The third-order valence-corrected chi connectivity index (χ3v) is 7.42. The lowest BCUT2D eigenvalue weighted by atomic mass is 9.55. The van der Waals surface area contributed by atoms with Crippen molar-refractivity contribution < 1.29 is 14.3 Å². The zero-order chi connectivity index (χ0) is 18.3. The van der Waals surface area contributed by atoms with E-state index in [4.69, 9.17) is 4.74 Å². The first kappa shape index (κ1) is 17.8. The van der Waals surface area contributed by atoms with Crippen LogP contribution in [0.2, 0.25) is 0 Å². The maximum atomic E-state index is 12.4. The SMILES string of the molecule is CCOC(=O)CCc1ccc2c(c1)CCC1C2CCC2(C)C(=O)CCC12. The van der Waals surface area contributed by atoms with Gasteiger partial charge in [-0.05, 0) is 79.9 Å². The van der Waals surface area contributed by atoms with E-state index in [9.17, 15) is 9.59 Å². The molecule has 0 aliphatic heterocycles. The van der Waals surface area contributed by atoms with Crippen molar-refractivity contribution >= 4 is 11.8 Å². The molecule has 0 spiro atoms. The summed E-state index contributed by atoms with van der Waals surface area (Å²) in [7, 11) is 0. The Hall–Kier alpha value is -1.64. The Morgan fingerprint density at radius 3 is 2.88 bits per heavy atom. The summed E-state index contributed by atoms with van der Waals surface area (Å²) in [5, 5.41) is 0. The van der Waals surface area contributed by atoms with Crippen LogP contribution in [0.1, 0.15) is 75.0 Å². The lowest BCUT2D eigenvalue weighted by molar-refractivity contribution is -0.143. The van der Waals surface area contributed by atoms with Gasteiger partial charge in [0.2, 0.25) is 0 Å². The molecule has 3 aliphatic carbocycles. The largest absolute Gasteiger partial charge is 0.466 e. The van der Waals surface area contributed by atoms with Gasteiger partial charge in [0.1, 0.15) is 5.78 Å². The number of esters is 1. The van der Waals surface area contributed by atoms with Crippen molar-refractivity contribution in [2.75, 3.05) is 6.61 Å². The number of rotatable bonds is 4. The maximum absolute atomic E-state index is 12.4. The summed E-state index contributed by atoms with van der Waals surface area (Å²) in [6, 6.07) is 6.83. The van der Waals surface area contributed by atoms with Crippen LogP contribution in [0.4, 0.5) is 0 Å². The molecule has 3 aliphatic rings. The van der Waals surface area contributed by atoms with E-state index in [0.29, 0.717) is 36.6 Å². The zero-order valence-corrected chi connectivity index (χ0v) is 16.1. The fraction of sp³-hybridized carbons (Fsp3) is 0.652. The van der Waals surface area contributed by atoms with E-state index in [1.807, 2.05) is 6.92 Å². The van der Waals surface area contributed by atoms with Crippen molar-refractivity contribution in [1.82, 2.24) is 0 Å². The van der Waals surface area contributed by atoms with Crippen LogP contribution in [-0.4, -0.2) is 18.4 Å². The van der Waals surface area contributed by atoms with Crippen LogP contribution in [0.15, 0.2) is 18.2 Å². The van der Waals surface area contributed by atoms with Crippen molar-refractivity contribution in [1.29, 1.82) is 0 Å². The Balaban J connectivity index is 1.51. The minimum Gasteiger partial charge on any atom is -0.466 e. The van der Waals surface area contributed by atoms with Gasteiger partial charge in [0.15, 0.2) is 0 Å². The minimum absolute atomic E-state index is 0.0434. The number of carbonyl (C=O) groups excluding carboxylic acids is 2. The van der Waals surface area contributed by atoms with E-state index in [1.54, 1.807) is 0 Å². The Kier molecular flexibility index (Phi) is 4.66. The highest BCUT2D eigenvalue weighted by Crippen LogP contribution is 2.59. The second-order valence-electron chi connectivity index (χ2n) is 8.67. The first-order valence-electron chi connectivity index (χ1n) is 10.3. The summed E-state index contributed by atoms with van der Waals surface area (Å²) >= 11 is 0. The topological polar surface area (TPSA) is 43.4 Å². The summed E-state index contributed by atoms with van der Waals surface area (Å²) < 4.78 is 5.04. The van der Waals surface area contributed by atoms with Gasteiger partial charge in [-0.2, -0.15) is 0 Å². The molecule has 0 saturated heterocycles.